The van der Waals surface area contributed by atoms with E-state index in [1.807, 2.05) is 20.8 Å². The van der Waals surface area contributed by atoms with Crippen molar-refractivity contribution in [3.05, 3.63) is 44.5 Å². The smallest absolute Gasteiger partial charge is 0.340 e. The predicted molar refractivity (Wildman–Crippen MR) is 102 cm³/mol. The van der Waals surface area contributed by atoms with Crippen molar-refractivity contribution in [1.29, 1.82) is 0 Å². The minimum Gasteiger partial charge on any atom is -0.548 e. The van der Waals surface area contributed by atoms with Crippen molar-refractivity contribution in [3.63, 3.8) is 0 Å². The average molecular weight is 384 g/mol. The molecule has 0 unspecified atom stereocenters. The fourth-order valence-electron chi connectivity index (χ4n) is 3.57. The van der Waals surface area contributed by atoms with Gasteiger partial charge in [0.2, 0.25) is 5.91 Å². The fourth-order valence-corrected chi connectivity index (χ4v) is 3.57. The first-order valence-electron chi connectivity index (χ1n) is 9.11. The van der Waals surface area contributed by atoms with Crippen LogP contribution in [0.2, 0.25) is 0 Å². The Hall–Kier alpha value is -3.09. The number of fused-ring (bicyclic) bond motifs is 3. The maximum absolute atomic E-state index is 12.5. The summed E-state index contributed by atoms with van der Waals surface area (Å²) in [6, 6.07) is 0.686. The normalized spacial score (nSPS) is 12.5. The SMILES string of the molecule is CC[C@@H](NC(=O)Cc1c(C)c2c(cc(C)c3c(C)c(C)oc32)oc1=O)C(=O)[O-]. The molecule has 1 atom stereocenters. The number of aliphatic carboxylic acids is 1. The Bertz CT molecular complexity index is 1170. The largest absolute Gasteiger partial charge is 0.548 e. The van der Waals surface area contributed by atoms with Crippen molar-refractivity contribution in [2.24, 2.45) is 0 Å². The molecule has 7 heteroatoms. The summed E-state index contributed by atoms with van der Waals surface area (Å²) in [5, 5.41) is 15.0. The molecule has 0 radical (unpaired) electrons. The monoisotopic (exact) mass is 384 g/mol. The fraction of sp³-hybridized carbons (Fsp3) is 0.381. The van der Waals surface area contributed by atoms with Crippen molar-refractivity contribution < 1.29 is 23.5 Å². The lowest BCUT2D eigenvalue weighted by Crippen LogP contribution is -2.48. The van der Waals surface area contributed by atoms with Crippen LogP contribution in [0.1, 0.15) is 41.4 Å². The molecule has 3 aromatic rings. The van der Waals surface area contributed by atoms with Gasteiger partial charge in [-0.2, -0.15) is 0 Å². The zero-order valence-electron chi connectivity index (χ0n) is 16.5. The van der Waals surface area contributed by atoms with Crippen LogP contribution in [0.15, 0.2) is 19.7 Å². The number of hydrogen-bond acceptors (Lipinski definition) is 6. The van der Waals surface area contributed by atoms with Crippen molar-refractivity contribution in [1.82, 2.24) is 5.32 Å². The molecule has 1 N–H and O–H groups in total. The lowest BCUT2D eigenvalue weighted by molar-refractivity contribution is -0.308. The average Bonchev–Trinajstić information content (AvgIpc) is 2.91. The number of amides is 1. The van der Waals surface area contributed by atoms with Gasteiger partial charge in [0.25, 0.3) is 0 Å². The van der Waals surface area contributed by atoms with E-state index in [4.69, 9.17) is 8.83 Å². The van der Waals surface area contributed by atoms with Crippen LogP contribution in [0.4, 0.5) is 0 Å². The Balaban J connectivity index is 2.14. The molecule has 0 saturated heterocycles. The molecule has 3 rings (SSSR count). The molecule has 2 aromatic heterocycles. The van der Waals surface area contributed by atoms with Gasteiger partial charge < -0.3 is 24.1 Å². The van der Waals surface area contributed by atoms with Gasteiger partial charge in [-0.15, -0.1) is 0 Å². The number of carboxylic acid groups (broad SMARTS) is 1. The molecule has 148 valence electrons. The number of carbonyl (C=O) groups excluding carboxylic acids is 2. The summed E-state index contributed by atoms with van der Waals surface area (Å²) in [6.45, 7) is 9.12. The number of furan rings is 1. The van der Waals surface area contributed by atoms with E-state index in [9.17, 15) is 19.5 Å². The zero-order chi connectivity index (χ0) is 20.7. The highest BCUT2D eigenvalue weighted by molar-refractivity contribution is 6.07. The van der Waals surface area contributed by atoms with E-state index in [2.05, 4.69) is 5.32 Å². The van der Waals surface area contributed by atoms with Crippen LogP contribution in [-0.4, -0.2) is 17.9 Å². The van der Waals surface area contributed by atoms with E-state index in [-0.39, 0.29) is 18.4 Å². The molecule has 1 aromatic carbocycles. The third-order valence-corrected chi connectivity index (χ3v) is 5.24. The summed E-state index contributed by atoms with van der Waals surface area (Å²) in [6.07, 6.45) is -0.105. The van der Waals surface area contributed by atoms with Crippen molar-refractivity contribution in [2.45, 2.75) is 53.5 Å². The quantitative estimate of drug-likeness (QED) is 0.673. The number of benzene rings is 1. The van der Waals surface area contributed by atoms with Crippen LogP contribution in [0.25, 0.3) is 21.9 Å². The number of hydrogen-bond donors (Lipinski definition) is 1. The maximum Gasteiger partial charge on any atom is 0.340 e. The van der Waals surface area contributed by atoms with Crippen LogP contribution < -0.4 is 16.0 Å². The van der Waals surface area contributed by atoms with E-state index in [1.54, 1.807) is 19.9 Å². The second-order valence-corrected chi connectivity index (χ2v) is 7.07. The standard InChI is InChI=1S/C21H23NO6/c1-6-14(20(24)25)22-16(23)8-13-11(4)18-15(28-21(13)26)7-9(2)17-10(3)12(5)27-19(17)18/h7,14H,6,8H2,1-5H3,(H,22,23)(H,24,25)/p-1/t14-/m1/s1. The molecule has 1 amide bonds. The van der Waals surface area contributed by atoms with Gasteiger partial charge in [-0.1, -0.05) is 6.92 Å². The highest BCUT2D eigenvalue weighted by Crippen LogP contribution is 2.36. The predicted octanol–water partition coefficient (Wildman–Crippen LogP) is 1.96. The van der Waals surface area contributed by atoms with Gasteiger partial charge in [0, 0.05) is 5.39 Å². The Morgan fingerprint density at radius 1 is 1.11 bits per heavy atom. The lowest BCUT2D eigenvalue weighted by Gasteiger charge is -2.18. The maximum atomic E-state index is 12.5. The molecule has 0 saturated carbocycles. The summed E-state index contributed by atoms with van der Waals surface area (Å²) >= 11 is 0. The number of carboxylic acids is 1. The first-order chi connectivity index (χ1) is 13.1. The van der Waals surface area contributed by atoms with E-state index in [0.717, 1.165) is 22.3 Å². The van der Waals surface area contributed by atoms with Gasteiger partial charge >= 0.3 is 5.63 Å². The van der Waals surface area contributed by atoms with Crippen molar-refractivity contribution in [3.8, 4) is 0 Å². The van der Waals surface area contributed by atoms with Crippen molar-refractivity contribution >= 4 is 33.8 Å². The minimum atomic E-state index is -1.36. The highest BCUT2D eigenvalue weighted by Gasteiger charge is 2.21. The summed E-state index contributed by atoms with van der Waals surface area (Å²) in [4.78, 5) is 35.8. The van der Waals surface area contributed by atoms with E-state index in [1.165, 1.54) is 0 Å². The molecular formula is C21H22NO6-. The van der Waals surface area contributed by atoms with E-state index >= 15 is 0 Å². The summed E-state index contributed by atoms with van der Waals surface area (Å²) in [5.41, 5.74) is 3.10. The molecule has 0 fully saturated rings. The number of carbonyl (C=O) groups is 2. The molecule has 0 aliphatic carbocycles. The highest BCUT2D eigenvalue weighted by atomic mass is 16.4. The first-order valence-corrected chi connectivity index (χ1v) is 9.11. The number of nitrogens with one attached hydrogen (secondary N) is 1. The van der Waals surface area contributed by atoms with Crippen LogP contribution >= 0.6 is 0 Å². The van der Waals surface area contributed by atoms with Crippen LogP contribution in [-0.2, 0) is 16.0 Å². The molecule has 0 aliphatic rings. The Morgan fingerprint density at radius 3 is 2.39 bits per heavy atom. The summed E-state index contributed by atoms with van der Waals surface area (Å²) in [7, 11) is 0. The molecule has 7 nitrogen and oxygen atoms in total. The van der Waals surface area contributed by atoms with E-state index in [0.29, 0.717) is 22.1 Å². The Kier molecular flexibility index (Phi) is 5.02. The van der Waals surface area contributed by atoms with Crippen LogP contribution in [0, 0.1) is 27.7 Å². The van der Waals surface area contributed by atoms with Gasteiger partial charge in [-0.05, 0) is 56.9 Å². The Morgan fingerprint density at radius 2 is 1.79 bits per heavy atom. The molecule has 2 heterocycles. The Labute approximate surface area is 161 Å². The molecule has 0 aliphatic heterocycles. The topological polar surface area (TPSA) is 113 Å². The second kappa shape index (κ2) is 7.14. The first kappa shape index (κ1) is 19.7. The van der Waals surface area contributed by atoms with Gasteiger partial charge in [-0.25, -0.2) is 4.79 Å². The zero-order valence-corrected chi connectivity index (χ0v) is 16.5. The summed E-state index contributed by atoms with van der Waals surface area (Å²) < 4.78 is 11.4. The third kappa shape index (κ3) is 3.17. The molecule has 0 spiro atoms. The minimum absolute atomic E-state index is 0.176. The number of rotatable bonds is 5. The lowest BCUT2D eigenvalue weighted by atomic mass is 9.98. The van der Waals surface area contributed by atoms with Gasteiger partial charge in [0.1, 0.15) is 16.9 Å². The third-order valence-electron chi connectivity index (χ3n) is 5.24. The van der Waals surface area contributed by atoms with Gasteiger partial charge in [0.05, 0.1) is 29.4 Å². The molecule has 28 heavy (non-hydrogen) atoms. The molecule has 0 bridgehead atoms. The second-order valence-electron chi connectivity index (χ2n) is 7.07. The van der Waals surface area contributed by atoms with Crippen LogP contribution in [0.3, 0.4) is 0 Å². The van der Waals surface area contributed by atoms with Crippen molar-refractivity contribution in [2.75, 3.05) is 0 Å². The van der Waals surface area contributed by atoms with E-state index < -0.39 is 23.5 Å². The van der Waals surface area contributed by atoms with Crippen LogP contribution in [0.5, 0.6) is 0 Å². The summed E-state index contributed by atoms with van der Waals surface area (Å²) in [5.74, 6) is -1.17. The van der Waals surface area contributed by atoms with Gasteiger partial charge in [0.15, 0.2) is 0 Å². The number of aryl methyl sites for hydroxylation is 4. The van der Waals surface area contributed by atoms with Gasteiger partial charge in [-0.3, -0.25) is 4.79 Å². The molecular weight excluding hydrogens is 362 g/mol.